The molecule has 0 saturated heterocycles. The van der Waals surface area contributed by atoms with Crippen LogP contribution in [0.4, 0.5) is 8.78 Å². The van der Waals surface area contributed by atoms with E-state index in [2.05, 4.69) is 0 Å². The molecule has 1 rings (SSSR count). The Balaban J connectivity index is 2.85. The van der Waals surface area contributed by atoms with Crippen molar-refractivity contribution in [2.45, 2.75) is 13.8 Å². The first-order valence-corrected chi connectivity index (χ1v) is 6.08. The molecule has 0 saturated carbocycles. The second-order valence-electron chi connectivity index (χ2n) is 2.78. The summed E-state index contributed by atoms with van der Waals surface area (Å²) in [6.45, 7) is 4.66. The van der Waals surface area contributed by atoms with Crippen molar-refractivity contribution in [3.8, 4) is 0 Å². The summed E-state index contributed by atoms with van der Waals surface area (Å²) in [5, 5.41) is 0.586. The molecule has 0 heterocycles. The topological polar surface area (TPSA) is 18.5 Å². The van der Waals surface area contributed by atoms with Crippen LogP contribution >= 0.6 is 0 Å². The molecular formula is C10H13F2O2Si. The lowest BCUT2D eigenvalue weighted by Gasteiger charge is -2.13. The summed E-state index contributed by atoms with van der Waals surface area (Å²) in [6.07, 6.45) is 0. The summed E-state index contributed by atoms with van der Waals surface area (Å²) in [5.41, 5.74) is 0. The normalized spacial score (nSPS) is 11.0. The summed E-state index contributed by atoms with van der Waals surface area (Å²) in [6, 6.07) is 3.72. The van der Waals surface area contributed by atoms with Crippen LogP contribution in [0.1, 0.15) is 13.8 Å². The van der Waals surface area contributed by atoms with Gasteiger partial charge < -0.3 is 8.85 Å². The molecule has 0 bridgehead atoms. The first kappa shape index (κ1) is 12.3. The monoisotopic (exact) mass is 231 g/mol. The van der Waals surface area contributed by atoms with Crippen molar-refractivity contribution < 1.29 is 17.6 Å². The minimum atomic E-state index is -1.67. The van der Waals surface area contributed by atoms with Gasteiger partial charge in [0, 0.05) is 13.2 Å². The van der Waals surface area contributed by atoms with Crippen LogP contribution in [0, 0.1) is 11.6 Å². The molecule has 5 heteroatoms. The summed E-state index contributed by atoms with van der Waals surface area (Å²) < 4.78 is 36.3. The van der Waals surface area contributed by atoms with E-state index in [1.54, 1.807) is 0 Å². The maximum atomic E-state index is 13.0. The fraction of sp³-hybridized carbons (Fsp3) is 0.400. The Morgan fingerprint density at radius 1 is 1.07 bits per heavy atom. The third-order valence-electron chi connectivity index (χ3n) is 1.71. The lowest BCUT2D eigenvalue weighted by molar-refractivity contribution is 0.225. The highest BCUT2D eigenvalue weighted by molar-refractivity contribution is 6.61. The molecule has 0 atom stereocenters. The quantitative estimate of drug-likeness (QED) is 0.719. The molecule has 0 aliphatic carbocycles. The van der Waals surface area contributed by atoms with Crippen molar-refractivity contribution in [3.63, 3.8) is 0 Å². The molecule has 0 fully saturated rings. The summed E-state index contributed by atoms with van der Waals surface area (Å²) in [4.78, 5) is 0. The van der Waals surface area contributed by atoms with Gasteiger partial charge in [0.1, 0.15) is 0 Å². The molecule has 15 heavy (non-hydrogen) atoms. The lowest BCUT2D eigenvalue weighted by Crippen LogP contribution is -2.37. The van der Waals surface area contributed by atoms with Crippen molar-refractivity contribution in [2.75, 3.05) is 13.2 Å². The third-order valence-corrected chi connectivity index (χ3v) is 3.59. The third kappa shape index (κ3) is 3.37. The average Bonchev–Trinajstić information content (AvgIpc) is 2.22. The van der Waals surface area contributed by atoms with Crippen LogP contribution in [0.25, 0.3) is 0 Å². The number of hydrogen-bond acceptors (Lipinski definition) is 2. The molecule has 0 spiro atoms. The highest BCUT2D eigenvalue weighted by atomic mass is 28.3. The van der Waals surface area contributed by atoms with Crippen LogP contribution in [0.3, 0.4) is 0 Å². The Hall–Kier alpha value is -0.783. The number of rotatable bonds is 5. The van der Waals surface area contributed by atoms with Crippen LogP contribution in [-0.4, -0.2) is 22.5 Å². The molecule has 0 amide bonds. The zero-order valence-corrected chi connectivity index (χ0v) is 9.72. The van der Waals surface area contributed by atoms with E-state index < -0.39 is 20.9 Å². The van der Waals surface area contributed by atoms with E-state index in [0.717, 1.165) is 12.1 Å². The fourth-order valence-corrected chi connectivity index (χ4v) is 2.50. The molecular weight excluding hydrogens is 218 g/mol. The van der Waals surface area contributed by atoms with Gasteiger partial charge in [0.2, 0.25) is 0 Å². The lowest BCUT2D eigenvalue weighted by atomic mass is 10.3. The van der Waals surface area contributed by atoms with Gasteiger partial charge in [-0.25, -0.2) is 8.78 Å². The molecule has 0 aliphatic heterocycles. The second kappa shape index (κ2) is 5.94. The zero-order chi connectivity index (χ0) is 11.3. The molecule has 1 aromatic rings. The Morgan fingerprint density at radius 3 is 2.13 bits per heavy atom. The molecule has 1 aromatic carbocycles. The zero-order valence-electron chi connectivity index (χ0n) is 8.72. The van der Waals surface area contributed by atoms with Gasteiger partial charge in [-0.05, 0) is 31.2 Å². The maximum Gasteiger partial charge on any atom is 0.423 e. The molecule has 1 radical (unpaired) electrons. The Bertz CT molecular complexity index is 314. The van der Waals surface area contributed by atoms with Gasteiger partial charge in [0.05, 0.1) is 0 Å². The Morgan fingerprint density at radius 2 is 1.67 bits per heavy atom. The number of benzene rings is 1. The van der Waals surface area contributed by atoms with Gasteiger partial charge >= 0.3 is 9.28 Å². The van der Waals surface area contributed by atoms with Gasteiger partial charge in [-0.1, -0.05) is 6.07 Å². The van der Waals surface area contributed by atoms with E-state index in [1.807, 2.05) is 13.8 Å². The van der Waals surface area contributed by atoms with Gasteiger partial charge in [-0.15, -0.1) is 0 Å². The van der Waals surface area contributed by atoms with Crippen molar-refractivity contribution in [3.05, 3.63) is 29.8 Å². The van der Waals surface area contributed by atoms with Crippen molar-refractivity contribution in [1.29, 1.82) is 0 Å². The van der Waals surface area contributed by atoms with Crippen LogP contribution in [0.2, 0.25) is 0 Å². The molecule has 2 nitrogen and oxygen atoms in total. The fourth-order valence-electron chi connectivity index (χ4n) is 1.09. The Kier molecular flexibility index (Phi) is 4.87. The van der Waals surface area contributed by atoms with Crippen LogP contribution in [-0.2, 0) is 8.85 Å². The second-order valence-corrected chi connectivity index (χ2v) is 4.51. The average molecular weight is 231 g/mol. The van der Waals surface area contributed by atoms with E-state index >= 15 is 0 Å². The minimum Gasteiger partial charge on any atom is -0.390 e. The summed E-state index contributed by atoms with van der Waals surface area (Å²) in [7, 11) is -1.67. The molecule has 0 unspecified atom stereocenters. The van der Waals surface area contributed by atoms with Crippen LogP contribution < -0.4 is 5.19 Å². The minimum absolute atomic E-state index is 0.493. The number of hydrogen-bond donors (Lipinski definition) is 0. The predicted molar refractivity (Wildman–Crippen MR) is 55.0 cm³/mol. The van der Waals surface area contributed by atoms with E-state index in [-0.39, 0.29) is 0 Å². The molecule has 0 aliphatic rings. The smallest absolute Gasteiger partial charge is 0.390 e. The molecule has 0 aromatic heterocycles. The van der Waals surface area contributed by atoms with Crippen molar-refractivity contribution >= 4 is 14.5 Å². The molecule has 0 N–H and O–H groups in total. The van der Waals surface area contributed by atoms with E-state index in [4.69, 9.17) is 8.85 Å². The highest BCUT2D eigenvalue weighted by Gasteiger charge is 2.19. The van der Waals surface area contributed by atoms with Gasteiger partial charge in [-0.2, -0.15) is 0 Å². The number of halogens is 2. The molecule has 83 valence electrons. The predicted octanol–water partition coefficient (Wildman–Crippen LogP) is 1.73. The van der Waals surface area contributed by atoms with Crippen LogP contribution in [0.5, 0.6) is 0 Å². The van der Waals surface area contributed by atoms with Crippen molar-refractivity contribution in [2.24, 2.45) is 0 Å². The first-order chi connectivity index (χ1) is 7.19. The maximum absolute atomic E-state index is 13.0. The van der Waals surface area contributed by atoms with Gasteiger partial charge in [-0.3, -0.25) is 0 Å². The van der Waals surface area contributed by atoms with Crippen molar-refractivity contribution in [1.82, 2.24) is 0 Å². The van der Waals surface area contributed by atoms with Crippen LogP contribution in [0.15, 0.2) is 18.2 Å². The SMILES string of the molecule is CCO[Si](OCC)c1ccc(F)c(F)c1. The van der Waals surface area contributed by atoms with E-state index in [9.17, 15) is 8.78 Å². The van der Waals surface area contributed by atoms with E-state index in [0.29, 0.717) is 18.4 Å². The van der Waals surface area contributed by atoms with Gasteiger partial charge in [0.15, 0.2) is 11.6 Å². The highest BCUT2D eigenvalue weighted by Crippen LogP contribution is 2.03. The standard InChI is InChI=1S/C10H13F2O2Si/c1-3-13-15(14-4-2)8-5-6-9(11)10(12)7-8/h5-7H,3-4H2,1-2H3. The summed E-state index contributed by atoms with van der Waals surface area (Å²) in [5.74, 6) is -1.72. The Labute approximate surface area is 89.7 Å². The first-order valence-electron chi connectivity index (χ1n) is 4.77. The van der Waals surface area contributed by atoms with Gasteiger partial charge in [0.25, 0.3) is 0 Å². The largest absolute Gasteiger partial charge is 0.423 e. The van der Waals surface area contributed by atoms with E-state index in [1.165, 1.54) is 6.07 Å². The summed E-state index contributed by atoms with van der Waals surface area (Å²) >= 11 is 0.